The molecule has 2 rings (SSSR count). The highest BCUT2D eigenvalue weighted by molar-refractivity contribution is 6.36. The molecule has 8 heteroatoms. The average molecular weight is 399 g/mol. The van der Waals surface area contributed by atoms with Gasteiger partial charge in [0.15, 0.2) is 0 Å². The fraction of sp³-hybridized carbons (Fsp3) is 0.118. The number of hydrogen-bond acceptors (Lipinski definition) is 3. The van der Waals surface area contributed by atoms with Crippen molar-refractivity contribution in [3.05, 3.63) is 63.1 Å². The summed E-state index contributed by atoms with van der Waals surface area (Å²) in [4.78, 5) is 24.0. The van der Waals surface area contributed by atoms with Gasteiger partial charge in [0.2, 0.25) is 5.91 Å². The zero-order valence-corrected chi connectivity index (χ0v) is 15.4. The maximum Gasteiger partial charge on any atom is 0.272 e. The Morgan fingerprint density at radius 2 is 1.64 bits per heavy atom. The van der Waals surface area contributed by atoms with Crippen LogP contribution in [-0.2, 0) is 4.79 Å². The Bertz CT molecular complexity index is 820. The van der Waals surface area contributed by atoms with Gasteiger partial charge in [-0.2, -0.15) is 5.10 Å². The van der Waals surface area contributed by atoms with Crippen LogP contribution in [0.4, 0.5) is 5.69 Å². The summed E-state index contributed by atoms with van der Waals surface area (Å²) in [6.07, 6.45) is 0.0251. The van der Waals surface area contributed by atoms with Crippen LogP contribution in [0.3, 0.4) is 0 Å². The molecule has 0 spiro atoms. The molecule has 0 aliphatic carbocycles. The normalized spacial score (nSPS) is 11.1. The molecule has 2 aromatic rings. The van der Waals surface area contributed by atoms with Crippen molar-refractivity contribution < 1.29 is 9.59 Å². The Kier molecular flexibility index (Phi) is 6.82. The summed E-state index contributed by atoms with van der Waals surface area (Å²) in [5, 5.41) is 7.85. The third-order valence-corrected chi connectivity index (χ3v) is 3.87. The zero-order chi connectivity index (χ0) is 18.4. The Morgan fingerprint density at radius 1 is 1.00 bits per heavy atom. The maximum atomic E-state index is 12.0. The molecule has 0 aliphatic heterocycles. The van der Waals surface area contributed by atoms with Crippen molar-refractivity contribution in [2.24, 2.45) is 5.10 Å². The molecule has 25 heavy (non-hydrogen) atoms. The number of hydrogen-bond donors (Lipinski definition) is 2. The van der Waals surface area contributed by atoms with E-state index in [9.17, 15) is 9.59 Å². The molecule has 2 amide bonds. The predicted octanol–water partition coefficient (Wildman–Crippen LogP) is 4.78. The number of nitrogens with one attached hydrogen (secondary N) is 2. The van der Waals surface area contributed by atoms with Gasteiger partial charge < -0.3 is 5.32 Å². The third kappa shape index (κ3) is 6.05. The largest absolute Gasteiger partial charge is 0.326 e. The summed E-state index contributed by atoms with van der Waals surface area (Å²) >= 11 is 17.5. The molecule has 5 nitrogen and oxygen atoms in total. The first-order chi connectivity index (χ1) is 11.8. The van der Waals surface area contributed by atoms with Crippen LogP contribution in [0.2, 0.25) is 15.1 Å². The molecular formula is C17H14Cl3N3O2. The Morgan fingerprint density at radius 3 is 2.28 bits per heavy atom. The number of halogens is 3. The van der Waals surface area contributed by atoms with Gasteiger partial charge in [-0.05, 0) is 49.4 Å². The lowest BCUT2D eigenvalue weighted by molar-refractivity contribution is -0.115. The van der Waals surface area contributed by atoms with Gasteiger partial charge >= 0.3 is 0 Å². The fourth-order valence-corrected chi connectivity index (χ4v) is 2.51. The van der Waals surface area contributed by atoms with E-state index in [1.807, 2.05) is 0 Å². The lowest BCUT2D eigenvalue weighted by atomic mass is 10.2. The molecule has 0 atom stereocenters. The van der Waals surface area contributed by atoms with Gasteiger partial charge in [0.05, 0.1) is 17.0 Å². The zero-order valence-electron chi connectivity index (χ0n) is 13.1. The smallest absolute Gasteiger partial charge is 0.272 e. The van der Waals surface area contributed by atoms with Crippen LogP contribution < -0.4 is 10.7 Å². The topological polar surface area (TPSA) is 70.6 Å². The van der Waals surface area contributed by atoms with E-state index in [0.717, 1.165) is 0 Å². The van der Waals surface area contributed by atoms with Crippen molar-refractivity contribution in [2.75, 3.05) is 5.32 Å². The third-order valence-electron chi connectivity index (χ3n) is 3.07. The molecule has 2 aromatic carbocycles. The van der Waals surface area contributed by atoms with Crippen molar-refractivity contribution in [1.29, 1.82) is 0 Å². The van der Waals surface area contributed by atoms with Gasteiger partial charge in [0.1, 0.15) is 0 Å². The van der Waals surface area contributed by atoms with Crippen LogP contribution in [0.1, 0.15) is 23.7 Å². The SMILES string of the molecule is C/C(CC(=O)Nc1ccc(Cl)cc1)=N/NC(=O)c1ccc(Cl)cc1Cl. The van der Waals surface area contributed by atoms with Crippen molar-refractivity contribution in [3.63, 3.8) is 0 Å². The van der Waals surface area contributed by atoms with E-state index in [-0.39, 0.29) is 22.9 Å². The van der Waals surface area contributed by atoms with E-state index in [1.54, 1.807) is 37.3 Å². The standard InChI is InChI=1S/C17H14Cl3N3O2/c1-10(8-16(24)21-13-5-2-11(18)3-6-13)22-23-17(25)14-7-4-12(19)9-15(14)20/h2-7,9H,8H2,1H3,(H,21,24)(H,23,25)/b22-10-. The molecule has 0 fully saturated rings. The number of carbonyl (C=O) groups is 2. The first-order valence-electron chi connectivity index (χ1n) is 7.19. The predicted molar refractivity (Wildman–Crippen MR) is 102 cm³/mol. The van der Waals surface area contributed by atoms with Crippen LogP contribution in [0, 0.1) is 0 Å². The van der Waals surface area contributed by atoms with Crippen molar-refractivity contribution in [3.8, 4) is 0 Å². The molecule has 0 radical (unpaired) electrons. The quantitative estimate of drug-likeness (QED) is 0.562. The van der Waals surface area contributed by atoms with E-state index < -0.39 is 5.91 Å². The Balaban J connectivity index is 1.91. The molecule has 2 N–H and O–H groups in total. The van der Waals surface area contributed by atoms with Crippen molar-refractivity contribution in [2.45, 2.75) is 13.3 Å². The second kappa shape index (κ2) is 8.85. The lowest BCUT2D eigenvalue weighted by Crippen LogP contribution is -2.21. The molecule has 130 valence electrons. The van der Waals surface area contributed by atoms with Crippen molar-refractivity contribution in [1.82, 2.24) is 5.43 Å². The second-order valence-corrected chi connectivity index (χ2v) is 6.42. The highest BCUT2D eigenvalue weighted by Gasteiger charge is 2.11. The minimum atomic E-state index is -0.487. The molecule has 0 bridgehead atoms. The van der Waals surface area contributed by atoms with Gasteiger partial charge in [0.25, 0.3) is 5.91 Å². The van der Waals surface area contributed by atoms with E-state index >= 15 is 0 Å². The number of benzene rings is 2. The van der Waals surface area contributed by atoms with Gasteiger partial charge in [-0.15, -0.1) is 0 Å². The van der Waals surface area contributed by atoms with Crippen LogP contribution in [0.5, 0.6) is 0 Å². The summed E-state index contributed by atoms with van der Waals surface area (Å²) in [6.45, 7) is 1.63. The van der Waals surface area contributed by atoms with Crippen LogP contribution in [0.15, 0.2) is 47.6 Å². The summed E-state index contributed by atoms with van der Waals surface area (Å²) in [5.74, 6) is -0.749. The van der Waals surface area contributed by atoms with Crippen molar-refractivity contribution >= 4 is 58.0 Å². The molecule has 0 saturated carbocycles. The van der Waals surface area contributed by atoms with Crippen LogP contribution >= 0.6 is 34.8 Å². The summed E-state index contributed by atoms with van der Waals surface area (Å²) in [7, 11) is 0. The maximum absolute atomic E-state index is 12.0. The number of amides is 2. The highest BCUT2D eigenvalue weighted by Crippen LogP contribution is 2.20. The number of anilines is 1. The number of hydrazone groups is 1. The molecule has 0 heterocycles. The van der Waals surface area contributed by atoms with Gasteiger partial charge in [0, 0.05) is 21.4 Å². The Labute approximate surface area is 160 Å². The Hall–Kier alpha value is -2.08. The van der Waals surface area contributed by atoms with E-state index in [0.29, 0.717) is 21.4 Å². The summed E-state index contributed by atoms with van der Waals surface area (Å²) in [6, 6.07) is 11.3. The first kappa shape index (κ1) is 19.2. The van der Waals surface area contributed by atoms with Gasteiger partial charge in [-0.3, -0.25) is 9.59 Å². The monoisotopic (exact) mass is 397 g/mol. The molecule has 0 aromatic heterocycles. The average Bonchev–Trinajstić information content (AvgIpc) is 2.54. The van der Waals surface area contributed by atoms with E-state index in [2.05, 4.69) is 15.8 Å². The molecule has 0 unspecified atom stereocenters. The fourth-order valence-electron chi connectivity index (χ4n) is 1.89. The van der Waals surface area contributed by atoms with Gasteiger partial charge in [-0.1, -0.05) is 34.8 Å². The summed E-state index contributed by atoms with van der Waals surface area (Å²) in [5.41, 5.74) is 3.66. The number of nitrogens with zero attached hydrogens (tertiary/aromatic N) is 1. The molecule has 0 aliphatic rings. The minimum absolute atomic E-state index is 0.0251. The molecular weight excluding hydrogens is 385 g/mol. The van der Waals surface area contributed by atoms with Crippen LogP contribution in [0.25, 0.3) is 0 Å². The second-order valence-electron chi connectivity index (χ2n) is 5.14. The minimum Gasteiger partial charge on any atom is -0.326 e. The van der Waals surface area contributed by atoms with E-state index in [1.165, 1.54) is 12.1 Å². The summed E-state index contributed by atoms with van der Waals surface area (Å²) < 4.78 is 0. The molecule has 0 saturated heterocycles. The van der Waals surface area contributed by atoms with Crippen LogP contribution in [-0.4, -0.2) is 17.5 Å². The first-order valence-corrected chi connectivity index (χ1v) is 8.32. The highest BCUT2D eigenvalue weighted by atomic mass is 35.5. The van der Waals surface area contributed by atoms with Gasteiger partial charge in [-0.25, -0.2) is 5.43 Å². The number of rotatable bonds is 5. The van der Waals surface area contributed by atoms with E-state index in [4.69, 9.17) is 34.8 Å². The lowest BCUT2D eigenvalue weighted by Gasteiger charge is -2.06. The number of carbonyl (C=O) groups excluding carboxylic acids is 2.